The lowest BCUT2D eigenvalue weighted by Crippen LogP contribution is -2.50. The number of piperazine rings is 1. The van der Waals surface area contributed by atoms with Crippen LogP contribution >= 0.6 is 23.2 Å². The number of nitrogens with zero attached hydrogens (tertiary/aromatic N) is 2. The van der Waals surface area contributed by atoms with E-state index in [0.29, 0.717) is 5.02 Å². The van der Waals surface area contributed by atoms with Crippen molar-refractivity contribution < 1.29 is 18.3 Å². The third kappa shape index (κ3) is 3.66. The van der Waals surface area contributed by atoms with Gasteiger partial charge in [0.05, 0.1) is 10.6 Å². The second-order valence-corrected chi connectivity index (χ2v) is 8.54. The lowest BCUT2D eigenvalue weighted by atomic mass is 10.1. The van der Waals surface area contributed by atoms with E-state index in [-0.39, 0.29) is 53.3 Å². The highest BCUT2D eigenvalue weighted by Gasteiger charge is 2.32. The average Bonchev–Trinajstić information content (AvgIpc) is 2.63. The number of aromatic hydroxyl groups is 1. The summed E-state index contributed by atoms with van der Waals surface area (Å²) < 4.78 is 26.8. The Morgan fingerprint density at radius 3 is 2.31 bits per heavy atom. The van der Waals surface area contributed by atoms with E-state index in [4.69, 9.17) is 23.2 Å². The van der Waals surface area contributed by atoms with Gasteiger partial charge in [-0.3, -0.25) is 4.79 Å². The van der Waals surface area contributed by atoms with Gasteiger partial charge in [0, 0.05) is 31.2 Å². The molecule has 6 nitrogen and oxygen atoms in total. The molecule has 2 aromatic carbocycles. The maximum Gasteiger partial charge on any atom is 0.257 e. The Hall–Kier alpha value is -1.80. The molecule has 0 bridgehead atoms. The van der Waals surface area contributed by atoms with Crippen LogP contribution in [0.15, 0.2) is 47.4 Å². The number of sulfonamides is 1. The first-order valence-electron chi connectivity index (χ1n) is 7.83. The van der Waals surface area contributed by atoms with Crippen LogP contribution in [0, 0.1) is 0 Å². The lowest BCUT2D eigenvalue weighted by Gasteiger charge is -2.34. The van der Waals surface area contributed by atoms with Crippen LogP contribution in [-0.4, -0.2) is 54.8 Å². The van der Waals surface area contributed by atoms with Gasteiger partial charge in [0.1, 0.15) is 10.6 Å². The third-order valence-electron chi connectivity index (χ3n) is 4.17. The summed E-state index contributed by atoms with van der Waals surface area (Å²) in [6.45, 7) is 0.685. The minimum atomic E-state index is -3.73. The first-order chi connectivity index (χ1) is 12.3. The zero-order valence-electron chi connectivity index (χ0n) is 13.6. The number of benzene rings is 2. The van der Waals surface area contributed by atoms with Crippen LogP contribution in [0.3, 0.4) is 0 Å². The fourth-order valence-electron chi connectivity index (χ4n) is 2.77. The number of carbonyl (C=O) groups excluding carboxylic acids is 1. The summed E-state index contributed by atoms with van der Waals surface area (Å²) in [6, 6.07) is 10.5. The third-order valence-corrected chi connectivity index (χ3v) is 6.80. The van der Waals surface area contributed by atoms with Crippen LogP contribution in [0.1, 0.15) is 10.4 Å². The normalized spacial score (nSPS) is 15.8. The maximum atomic E-state index is 12.7. The minimum absolute atomic E-state index is 0.0499. The van der Waals surface area contributed by atoms with Crippen molar-refractivity contribution in [1.82, 2.24) is 9.21 Å². The van der Waals surface area contributed by atoms with Gasteiger partial charge in [-0.2, -0.15) is 4.31 Å². The van der Waals surface area contributed by atoms with E-state index < -0.39 is 10.0 Å². The second-order valence-electron chi connectivity index (χ2n) is 5.79. The van der Waals surface area contributed by atoms with Crippen LogP contribution in [0.25, 0.3) is 0 Å². The summed E-state index contributed by atoms with van der Waals surface area (Å²) in [5.74, 6) is -0.551. The van der Waals surface area contributed by atoms with Crippen molar-refractivity contribution in [3.63, 3.8) is 0 Å². The highest BCUT2D eigenvalue weighted by atomic mass is 35.5. The summed E-state index contributed by atoms with van der Waals surface area (Å²) in [5, 5.41) is 10.4. The molecule has 3 rings (SSSR count). The van der Waals surface area contributed by atoms with Gasteiger partial charge in [-0.1, -0.05) is 35.3 Å². The van der Waals surface area contributed by atoms with Crippen LogP contribution in [0.2, 0.25) is 10.0 Å². The van der Waals surface area contributed by atoms with Crippen molar-refractivity contribution in [2.24, 2.45) is 0 Å². The Labute approximate surface area is 161 Å². The van der Waals surface area contributed by atoms with Crippen molar-refractivity contribution >= 4 is 39.1 Å². The van der Waals surface area contributed by atoms with Gasteiger partial charge in [0.25, 0.3) is 5.91 Å². The van der Waals surface area contributed by atoms with Gasteiger partial charge in [-0.25, -0.2) is 8.42 Å². The van der Waals surface area contributed by atoms with Crippen LogP contribution in [0.5, 0.6) is 5.75 Å². The standard InChI is InChI=1S/C17H16Cl2N2O4S/c18-12-5-6-15(22)13(11-12)17(23)20-7-9-21(10-8-20)26(24,25)16-4-2-1-3-14(16)19/h1-6,11,22H,7-10H2. The molecule has 1 saturated heterocycles. The fraction of sp³-hybridized carbons (Fsp3) is 0.235. The largest absolute Gasteiger partial charge is 0.507 e. The molecule has 1 aliphatic heterocycles. The SMILES string of the molecule is O=C(c1cc(Cl)ccc1O)N1CCN(S(=O)(=O)c2ccccc2Cl)CC1. The molecule has 0 aliphatic carbocycles. The molecule has 0 saturated carbocycles. The van der Waals surface area contributed by atoms with E-state index in [0.717, 1.165) is 0 Å². The van der Waals surface area contributed by atoms with E-state index in [9.17, 15) is 18.3 Å². The molecular formula is C17H16Cl2N2O4S. The van der Waals surface area contributed by atoms with Crippen molar-refractivity contribution in [3.05, 3.63) is 58.1 Å². The zero-order chi connectivity index (χ0) is 18.9. The number of hydrogen-bond donors (Lipinski definition) is 1. The molecule has 1 heterocycles. The van der Waals surface area contributed by atoms with Gasteiger partial charge in [-0.05, 0) is 30.3 Å². The predicted molar refractivity (Wildman–Crippen MR) is 99.2 cm³/mol. The van der Waals surface area contributed by atoms with E-state index in [2.05, 4.69) is 0 Å². The molecule has 138 valence electrons. The smallest absolute Gasteiger partial charge is 0.257 e. The average molecular weight is 415 g/mol. The van der Waals surface area contributed by atoms with Crippen molar-refractivity contribution in [2.75, 3.05) is 26.2 Å². The summed E-state index contributed by atoms with van der Waals surface area (Å²) in [5.41, 5.74) is 0.0971. The van der Waals surface area contributed by atoms with Gasteiger partial charge < -0.3 is 10.0 Å². The molecule has 0 aromatic heterocycles. The number of halogens is 2. The summed E-state index contributed by atoms with van der Waals surface area (Å²) in [4.78, 5) is 14.1. The first kappa shape index (κ1) is 19.0. The minimum Gasteiger partial charge on any atom is -0.507 e. The van der Waals surface area contributed by atoms with E-state index in [1.54, 1.807) is 12.1 Å². The second kappa shape index (κ2) is 7.44. The molecule has 26 heavy (non-hydrogen) atoms. The molecule has 0 radical (unpaired) electrons. The van der Waals surface area contributed by atoms with Gasteiger partial charge >= 0.3 is 0 Å². The Bertz CT molecular complexity index is 942. The molecule has 1 N–H and O–H groups in total. The Kier molecular flexibility index (Phi) is 5.43. The Balaban J connectivity index is 1.74. The Morgan fingerprint density at radius 2 is 1.65 bits per heavy atom. The van der Waals surface area contributed by atoms with Gasteiger partial charge in [0.15, 0.2) is 0 Å². The summed E-state index contributed by atoms with van der Waals surface area (Å²) in [6.07, 6.45) is 0. The maximum absolute atomic E-state index is 12.7. The van der Waals surface area contributed by atoms with E-state index in [1.807, 2.05) is 0 Å². The molecule has 1 amide bonds. The summed E-state index contributed by atoms with van der Waals surface area (Å²) in [7, 11) is -3.73. The van der Waals surface area contributed by atoms with Crippen molar-refractivity contribution in [2.45, 2.75) is 4.90 Å². The molecule has 1 aliphatic rings. The van der Waals surface area contributed by atoms with Gasteiger partial charge in [-0.15, -0.1) is 0 Å². The molecular weight excluding hydrogens is 399 g/mol. The van der Waals surface area contributed by atoms with Crippen LogP contribution in [0.4, 0.5) is 0 Å². The highest BCUT2D eigenvalue weighted by molar-refractivity contribution is 7.89. The highest BCUT2D eigenvalue weighted by Crippen LogP contribution is 2.26. The van der Waals surface area contributed by atoms with Crippen LogP contribution < -0.4 is 0 Å². The predicted octanol–water partition coefficient (Wildman–Crippen LogP) is 2.85. The number of phenolic OH excluding ortho intramolecular Hbond substituents is 1. The molecule has 9 heteroatoms. The number of hydrogen-bond acceptors (Lipinski definition) is 4. The van der Waals surface area contributed by atoms with E-state index >= 15 is 0 Å². The molecule has 2 aromatic rings. The zero-order valence-corrected chi connectivity index (χ0v) is 15.9. The van der Waals surface area contributed by atoms with E-state index in [1.165, 1.54) is 39.5 Å². The molecule has 0 atom stereocenters. The number of phenols is 1. The van der Waals surface area contributed by atoms with Crippen molar-refractivity contribution in [3.8, 4) is 5.75 Å². The van der Waals surface area contributed by atoms with Gasteiger partial charge in [0.2, 0.25) is 10.0 Å². The quantitative estimate of drug-likeness (QED) is 0.837. The number of rotatable bonds is 3. The Morgan fingerprint density at radius 1 is 1.00 bits per heavy atom. The lowest BCUT2D eigenvalue weighted by molar-refractivity contribution is 0.0695. The fourth-order valence-corrected chi connectivity index (χ4v) is 4.86. The molecule has 1 fully saturated rings. The van der Waals surface area contributed by atoms with Crippen LogP contribution in [-0.2, 0) is 10.0 Å². The first-order valence-corrected chi connectivity index (χ1v) is 10.0. The molecule has 0 unspecified atom stereocenters. The molecule has 0 spiro atoms. The topological polar surface area (TPSA) is 77.9 Å². The number of carbonyl (C=O) groups is 1. The van der Waals surface area contributed by atoms with Crippen molar-refractivity contribution in [1.29, 1.82) is 0 Å². The monoisotopic (exact) mass is 414 g/mol. The summed E-state index contributed by atoms with van der Waals surface area (Å²) >= 11 is 11.9. The number of amides is 1.